The van der Waals surface area contributed by atoms with E-state index in [1.165, 1.54) is 6.08 Å². The first-order valence-corrected chi connectivity index (χ1v) is 9.30. The maximum atomic E-state index is 12.2. The van der Waals surface area contributed by atoms with Crippen molar-refractivity contribution in [3.8, 4) is 0 Å². The highest BCUT2D eigenvalue weighted by molar-refractivity contribution is 6.17. The summed E-state index contributed by atoms with van der Waals surface area (Å²) in [5.41, 5.74) is 4.28. The quantitative estimate of drug-likeness (QED) is 0.597. The molecule has 2 aromatic rings. The van der Waals surface area contributed by atoms with Crippen LogP contribution in [0.4, 0.5) is 17.1 Å². The van der Waals surface area contributed by atoms with Crippen LogP contribution in [0.25, 0.3) is 0 Å². The van der Waals surface area contributed by atoms with Crippen molar-refractivity contribution in [2.45, 2.75) is 12.5 Å². The number of nitrogens with one attached hydrogen (secondary N) is 3. The molecule has 4 rings (SSSR count). The molecule has 7 heteroatoms. The number of para-hydroxylation sites is 2. The first-order chi connectivity index (χ1) is 13.7. The van der Waals surface area contributed by atoms with Gasteiger partial charge in [0.25, 0.3) is 11.8 Å². The fourth-order valence-electron chi connectivity index (χ4n) is 3.49. The fourth-order valence-corrected chi connectivity index (χ4v) is 3.49. The zero-order chi connectivity index (χ0) is 19.5. The second-order valence-corrected chi connectivity index (χ2v) is 6.78. The normalized spacial score (nSPS) is 18.7. The Balaban J connectivity index is 1.45. The van der Waals surface area contributed by atoms with Gasteiger partial charge < -0.3 is 21.1 Å². The molecule has 7 nitrogen and oxygen atoms in total. The van der Waals surface area contributed by atoms with Crippen LogP contribution in [0.3, 0.4) is 0 Å². The second-order valence-electron chi connectivity index (χ2n) is 6.78. The molecule has 0 aromatic heterocycles. The van der Waals surface area contributed by atoms with Crippen molar-refractivity contribution in [3.63, 3.8) is 0 Å². The third-order valence-electron chi connectivity index (χ3n) is 4.93. The lowest BCUT2D eigenvalue weighted by atomic mass is 10.0. The summed E-state index contributed by atoms with van der Waals surface area (Å²) in [5.74, 6) is -0.830. The van der Waals surface area contributed by atoms with Gasteiger partial charge in [-0.15, -0.1) is 0 Å². The summed E-state index contributed by atoms with van der Waals surface area (Å²) >= 11 is 0. The molecule has 2 amide bonds. The van der Waals surface area contributed by atoms with Crippen LogP contribution in [0, 0.1) is 0 Å². The number of β-amino-alcohol motifs (C(OH)–C–C–N with tert-alkyl or cyclic N) is 1. The summed E-state index contributed by atoms with van der Waals surface area (Å²) in [5, 5.41) is 19.0. The molecule has 28 heavy (non-hydrogen) atoms. The van der Waals surface area contributed by atoms with Gasteiger partial charge in [-0.2, -0.15) is 0 Å². The largest absolute Gasteiger partial charge is 0.395 e. The first kappa shape index (κ1) is 18.1. The van der Waals surface area contributed by atoms with Crippen LogP contribution < -0.4 is 16.0 Å². The summed E-state index contributed by atoms with van der Waals surface area (Å²) in [4.78, 5) is 25.1. The highest BCUT2D eigenvalue weighted by Gasteiger charge is 2.30. The van der Waals surface area contributed by atoms with Gasteiger partial charge in [0.15, 0.2) is 0 Å². The molecule has 1 unspecified atom stereocenters. The van der Waals surface area contributed by atoms with Crippen molar-refractivity contribution in [1.29, 1.82) is 0 Å². The van der Waals surface area contributed by atoms with Crippen LogP contribution >= 0.6 is 0 Å². The summed E-state index contributed by atoms with van der Waals surface area (Å²) in [6.07, 6.45) is 2.21. The smallest absolute Gasteiger partial charge is 0.277 e. The number of hydrogen-bond donors (Lipinski definition) is 4. The standard InChI is InChI=1S/C21H22N4O3/c26-12-11-25-20(27)13-19(21(25)28)23-15-7-5-14(6-8-15)16-9-10-22-17-3-1-2-4-18(17)24-16/h1-8,13,16,22-24,26H,9-12H2. The number of hydrogen-bond acceptors (Lipinski definition) is 6. The molecule has 0 fully saturated rings. The van der Waals surface area contributed by atoms with Crippen molar-refractivity contribution in [2.24, 2.45) is 0 Å². The Labute approximate surface area is 163 Å². The van der Waals surface area contributed by atoms with E-state index in [9.17, 15) is 9.59 Å². The molecule has 4 N–H and O–H groups in total. The Morgan fingerprint density at radius 1 is 1.07 bits per heavy atom. The van der Waals surface area contributed by atoms with Gasteiger partial charge >= 0.3 is 0 Å². The Kier molecular flexibility index (Phi) is 4.99. The molecule has 0 saturated carbocycles. The molecule has 2 aliphatic heterocycles. The maximum absolute atomic E-state index is 12.2. The van der Waals surface area contributed by atoms with Crippen LogP contribution in [0.5, 0.6) is 0 Å². The van der Waals surface area contributed by atoms with Crippen molar-refractivity contribution < 1.29 is 14.7 Å². The SMILES string of the molecule is O=C1C=C(Nc2ccc(C3CCNc4ccccc4N3)cc2)C(=O)N1CCO. The number of carbonyl (C=O) groups excluding carboxylic acids is 2. The predicted octanol–water partition coefficient (Wildman–Crippen LogP) is 2.31. The van der Waals surface area contributed by atoms with Crippen LogP contribution in [-0.4, -0.2) is 41.5 Å². The summed E-state index contributed by atoms with van der Waals surface area (Å²) in [6.45, 7) is 0.625. The van der Waals surface area contributed by atoms with E-state index in [1.807, 2.05) is 36.4 Å². The van der Waals surface area contributed by atoms with E-state index in [0.29, 0.717) is 0 Å². The number of carbonyl (C=O) groups is 2. The number of rotatable bonds is 5. The lowest BCUT2D eigenvalue weighted by Crippen LogP contribution is -2.34. The zero-order valence-electron chi connectivity index (χ0n) is 15.3. The van der Waals surface area contributed by atoms with Crippen LogP contribution in [0.2, 0.25) is 0 Å². The van der Waals surface area contributed by atoms with Crippen molar-refractivity contribution in [3.05, 3.63) is 65.9 Å². The molecule has 0 radical (unpaired) electrons. The number of amides is 2. The molecule has 2 aliphatic rings. The number of benzene rings is 2. The van der Waals surface area contributed by atoms with E-state index in [4.69, 9.17) is 5.11 Å². The topological polar surface area (TPSA) is 93.7 Å². The minimum absolute atomic E-state index is 0.00113. The predicted molar refractivity (Wildman–Crippen MR) is 108 cm³/mol. The van der Waals surface area contributed by atoms with Gasteiger partial charge in [0, 0.05) is 18.3 Å². The molecular weight excluding hydrogens is 356 g/mol. The molecule has 0 saturated heterocycles. The van der Waals surface area contributed by atoms with Gasteiger partial charge in [0.1, 0.15) is 5.70 Å². The molecular formula is C21H22N4O3. The van der Waals surface area contributed by atoms with E-state index in [1.54, 1.807) is 0 Å². The highest BCUT2D eigenvalue weighted by atomic mass is 16.3. The fraction of sp³-hybridized carbons (Fsp3) is 0.238. The van der Waals surface area contributed by atoms with Crippen molar-refractivity contribution in [2.75, 3.05) is 35.6 Å². The molecule has 1 atom stereocenters. The summed E-state index contributed by atoms with van der Waals surface area (Å²) < 4.78 is 0. The lowest BCUT2D eigenvalue weighted by molar-refractivity contribution is -0.137. The van der Waals surface area contributed by atoms with Crippen molar-refractivity contribution in [1.82, 2.24) is 4.90 Å². The first-order valence-electron chi connectivity index (χ1n) is 9.30. The Morgan fingerprint density at radius 3 is 2.57 bits per heavy atom. The van der Waals surface area contributed by atoms with Gasteiger partial charge in [0.2, 0.25) is 0 Å². The average molecular weight is 378 g/mol. The number of nitrogens with zero attached hydrogens (tertiary/aromatic N) is 1. The van der Waals surface area contributed by atoms with Gasteiger partial charge in [-0.1, -0.05) is 24.3 Å². The third kappa shape index (κ3) is 3.57. The van der Waals surface area contributed by atoms with Crippen molar-refractivity contribution >= 4 is 28.9 Å². The minimum atomic E-state index is -0.420. The van der Waals surface area contributed by atoms with Crippen LogP contribution in [0.1, 0.15) is 18.0 Å². The second kappa shape index (κ2) is 7.74. The number of fused-ring (bicyclic) bond motifs is 1. The maximum Gasteiger partial charge on any atom is 0.277 e. The Bertz CT molecular complexity index is 924. The van der Waals surface area contributed by atoms with Gasteiger partial charge in [-0.3, -0.25) is 14.5 Å². The number of aliphatic hydroxyl groups excluding tert-OH is 1. The number of imide groups is 1. The van der Waals surface area contributed by atoms with Gasteiger partial charge in [-0.25, -0.2) is 0 Å². The summed E-state index contributed by atoms with van der Waals surface area (Å²) in [6, 6.07) is 16.1. The van der Waals surface area contributed by atoms with Gasteiger partial charge in [-0.05, 0) is 36.2 Å². The average Bonchev–Trinajstić information content (AvgIpc) is 2.88. The Hall–Kier alpha value is -3.32. The third-order valence-corrected chi connectivity index (χ3v) is 4.93. The zero-order valence-corrected chi connectivity index (χ0v) is 15.3. The van der Waals surface area contributed by atoms with Crippen LogP contribution in [-0.2, 0) is 9.59 Å². The van der Waals surface area contributed by atoms with E-state index >= 15 is 0 Å². The van der Waals surface area contributed by atoms with Crippen LogP contribution in [0.15, 0.2) is 60.3 Å². The molecule has 0 spiro atoms. The van der Waals surface area contributed by atoms with E-state index < -0.39 is 11.8 Å². The minimum Gasteiger partial charge on any atom is -0.395 e. The van der Waals surface area contributed by atoms with E-state index in [2.05, 4.69) is 28.1 Å². The van der Waals surface area contributed by atoms with E-state index in [0.717, 1.165) is 40.5 Å². The number of aliphatic hydroxyl groups is 1. The molecule has 2 aromatic carbocycles. The molecule has 0 bridgehead atoms. The Morgan fingerprint density at radius 2 is 1.82 bits per heavy atom. The van der Waals surface area contributed by atoms with E-state index in [-0.39, 0.29) is 24.9 Å². The summed E-state index contributed by atoms with van der Waals surface area (Å²) in [7, 11) is 0. The highest BCUT2D eigenvalue weighted by Crippen LogP contribution is 2.31. The number of anilines is 3. The monoisotopic (exact) mass is 378 g/mol. The molecule has 0 aliphatic carbocycles. The molecule has 144 valence electrons. The molecule has 2 heterocycles. The lowest BCUT2D eigenvalue weighted by Gasteiger charge is -2.18. The van der Waals surface area contributed by atoms with Gasteiger partial charge in [0.05, 0.1) is 30.6 Å².